The molecule has 0 N–H and O–H groups in total. The lowest BCUT2D eigenvalue weighted by molar-refractivity contribution is -0.605. The van der Waals surface area contributed by atoms with E-state index in [4.69, 9.17) is 14.2 Å². The third-order valence-corrected chi connectivity index (χ3v) is 4.88. The molecular weight excluding hydrogens is 393 g/mol. The lowest BCUT2D eigenvalue weighted by atomic mass is 10.1. The molecule has 0 aliphatic carbocycles. The molecule has 0 amide bonds. The van der Waals surface area contributed by atoms with Gasteiger partial charge in [0.1, 0.15) is 18.1 Å². The molecule has 0 spiro atoms. The number of ether oxygens (including phenoxy) is 3. The van der Waals surface area contributed by atoms with Gasteiger partial charge in [-0.05, 0) is 38.1 Å². The van der Waals surface area contributed by atoms with Crippen LogP contribution in [-0.2, 0) is 21.9 Å². The summed E-state index contributed by atoms with van der Waals surface area (Å²) in [6.45, 7) is 4.29. The van der Waals surface area contributed by atoms with Crippen LogP contribution in [-0.4, -0.2) is 23.0 Å². The Morgan fingerprint density at radius 3 is 2.47 bits per heavy atom. The second kappa shape index (κ2) is 7.85. The van der Waals surface area contributed by atoms with Gasteiger partial charge in [0.25, 0.3) is 0 Å². The van der Waals surface area contributed by atoms with Crippen molar-refractivity contribution >= 4 is 0 Å². The van der Waals surface area contributed by atoms with E-state index in [0.29, 0.717) is 40.5 Å². The Hall–Kier alpha value is -3.30. The van der Waals surface area contributed by atoms with E-state index < -0.39 is 17.2 Å². The predicted octanol–water partition coefficient (Wildman–Crippen LogP) is 2.11. The highest BCUT2D eigenvalue weighted by Crippen LogP contribution is 2.34. The minimum atomic E-state index is -1.14. The van der Waals surface area contributed by atoms with Gasteiger partial charge in [0.05, 0.1) is 18.9 Å². The molecule has 4 rings (SSSR count). The predicted molar refractivity (Wildman–Crippen MR) is 104 cm³/mol. The van der Waals surface area contributed by atoms with Crippen LogP contribution in [0.3, 0.4) is 0 Å². The van der Waals surface area contributed by atoms with Crippen molar-refractivity contribution in [1.29, 1.82) is 0 Å². The normalized spacial score (nSPS) is 15.3. The summed E-state index contributed by atoms with van der Waals surface area (Å²) < 4.78 is 32.5. The SMILES string of the molecule is Cc1c(C2(C)OCCO2)nn(-c2ccc(F)cc2)c(=O)c1OCc1cc[n+]([O-])cc1. The van der Waals surface area contributed by atoms with Gasteiger partial charge in [0.2, 0.25) is 5.79 Å². The maximum atomic E-state index is 13.4. The number of nitrogens with zero attached hydrogens (tertiary/aromatic N) is 3. The van der Waals surface area contributed by atoms with Crippen molar-refractivity contribution in [3.05, 3.63) is 87.0 Å². The molecule has 9 heteroatoms. The molecule has 156 valence electrons. The van der Waals surface area contributed by atoms with Crippen LogP contribution in [0.2, 0.25) is 0 Å². The van der Waals surface area contributed by atoms with Crippen LogP contribution in [0.15, 0.2) is 53.6 Å². The minimum Gasteiger partial charge on any atom is -0.619 e. The summed E-state index contributed by atoms with van der Waals surface area (Å²) in [4.78, 5) is 13.2. The maximum absolute atomic E-state index is 13.4. The Balaban J connectivity index is 1.80. The number of benzene rings is 1. The molecule has 1 aliphatic heterocycles. The van der Waals surface area contributed by atoms with Gasteiger partial charge in [-0.25, -0.2) is 4.39 Å². The second-order valence-electron chi connectivity index (χ2n) is 6.99. The molecule has 0 radical (unpaired) electrons. The van der Waals surface area contributed by atoms with E-state index in [0.717, 1.165) is 4.68 Å². The zero-order valence-corrected chi connectivity index (χ0v) is 16.5. The molecule has 1 saturated heterocycles. The maximum Gasteiger partial charge on any atom is 0.314 e. The first-order valence-corrected chi connectivity index (χ1v) is 9.36. The molecule has 0 saturated carbocycles. The fourth-order valence-corrected chi connectivity index (χ4v) is 3.29. The van der Waals surface area contributed by atoms with Crippen LogP contribution in [0.1, 0.15) is 23.7 Å². The topological polar surface area (TPSA) is 89.5 Å². The summed E-state index contributed by atoms with van der Waals surface area (Å²) in [7, 11) is 0. The fourth-order valence-electron chi connectivity index (χ4n) is 3.29. The highest BCUT2D eigenvalue weighted by molar-refractivity contribution is 5.40. The third-order valence-electron chi connectivity index (χ3n) is 4.88. The lowest BCUT2D eigenvalue weighted by Crippen LogP contribution is -2.33. The number of hydrogen-bond acceptors (Lipinski definition) is 6. The van der Waals surface area contributed by atoms with Gasteiger partial charge < -0.3 is 19.4 Å². The quantitative estimate of drug-likeness (QED) is 0.470. The van der Waals surface area contributed by atoms with Crippen molar-refractivity contribution in [2.24, 2.45) is 0 Å². The fraction of sp³-hybridized carbons (Fsp3) is 0.286. The van der Waals surface area contributed by atoms with Crippen LogP contribution >= 0.6 is 0 Å². The number of hydrogen-bond donors (Lipinski definition) is 0. The first kappa shape index (κ1) is 20.0. The van der Waals surface area contributed by atoms with Crippen LogP contribution in [0.4, 0.5) is 4.39 Å². The van der Waals surface area contributed by atoms with Crippen LogP contribution in [0.5, 0.6) is 5.75 Å². The van der Waals surface area contributed by atoms with Gasteiger partial charge >= 0.3 is 5.56 Å². The molecular formula is C21H20FN3O5. The Bertz CT molecular complexity index is 1110. The van der Waals surface area contributed by atoms with E-state index in [2.05, 4.69) is 5.10 Å². The van der Waals surface area contributed by atoms with Gasteiger partial charge in [0.15, 0.2) is 18.1 Å². The smallest absolute Gasteiger partial charge is 0.314 e. The van der Waals surface area contributed by atoms with E-state index in [1.165, 1.54) is 36.7 Å². The van der Waals surface area contributed by atoms with Crippen LogP contribution < -0.4 is 15.0 Å². The number of aromatic nitrogens is 3. The van der Waals surface area contributed by atoms with Crippen LogP contribution in [0, 0.1) is 17.9 Å². The highest BCUT2D eigenvalue weighted by atomic mass is 19.1. The molecule has 8 nitrogen and oxygen atoms in total. The van der Waals surface area contributed by atoms with Crippen LogP contribution in [0.25, 0.3) is 5.69 Å². The molecule has 3 aromatic rings. The Labute approximate surface area is 171 Å². The summed E-state index contributed by atoms with van der Waals surface area (Å²) in [6.07, 6.45) is 2.70. The molecule has 0 atom stereocenters. The molecule has 2 aromatic heterocycles. The molecule has 1 fully saturated rings. The monoisotopic (exact) mass is 413 g/mol. The van der Waals surface area contributed by atoms with Gasteiger partial charge in [-0.3, -0.25) is 4.79 Å². The largest absolute Gasteiger partial charge is 0.619 e. The van der Waals surface area contributed by atoms with Gasteiger partial charge in [-0.1, -0.05) is 0 Å². The third kappa shape index (κ3) is 3.77. The summed E-state index contributed by atoms with van der Waals surface area (Å²) in [6, 6.07) is 8.61. The van der Waals surface area contributed by atoms with Crippen molar-refractivity contribution in [2.75, 3.05) is 13.2 Å². The average molecular weight is 413 g/mol. The zero-order chi connectivity index (χ0) is 21.3. The van der Waals surface area contributed by atoms with Crippen molar-refractivity contribution in [1.82, 2.24) is 9.78 Å². The Morgan fingerprint density at radius 1 is 1.20 bits per heavy atom. The second-order valence-corrected chi connectivity index (χ2v) is 6.99. The van der Waals surface area contributed by atoms with Gasteiger partial charge in [-0.15, -0.1) is 0 Å². The van der Waals surface area contributed by atoms with E-state index in [1.54, 1.807) is 26.0 Å². The first-order valence-electron chi connectivity index (χ1n) is 9.36. The molecule has 30 heavy (non-hydrogen) atoms. The molecule has 0 unspecified atom stereocenters. The standard InChI is InChI=1S/C21H20FN3O5/c1-14-18(28-13-15-7-9-24(27)10-8-15)20(26)25(17-5-3-16(22)4-6-17)23-19(14)21(2)29-11-12-30-21/h3-10H,11-13H2,1-2H3. The number of halogens is 1. The molecule has 3 heterocycles. The van der Waals surface area contributed by atoms with Crippen molar-refractivity contribution < 1.29 is 23.3 Å². The summed E-state index contributed by atoms with van der Waals surface area (Å²) in [5.41, 5.74) is 1.47. The van der Waals surface area contributed by atoms with Crippen molar-refractivity contribution in [3.63, 3.8) is 0 Å². The lowest BCUT2D eigenvalue weighted by Gasteiger charge is -2.25. The summed E-state index contributed by atoms with van der Waals surface area (Å²) in [5, 5.41) is 15.7. The highest BCUT2D eigenvalue weighted by Gasteiger charge is 2.38. The average Bonchev–Trinajstić information content (AvgIpc) is 3.17. The van der Waals surface area contributed by atoms with E-state index >= 15 is 0 Å². The molecule has 1 aliphatic rings. The first-order chi connectivity index (χ1) is 14.4. The number of pyridine rings is 1. The minimum absolute atomic E-state index is 0.0716. The van der Waals surface area contributed by atoms with E-state index in [1.807, 2.05) is 0 Å². The van der Waals surface area contributed by atoms with Crippen molar-refractivity contribution in [2.45, 2.75) is 26.2 Å². The van der Waals surface area contributed by atoms with Gasteiger partial charge in [0, 0.05) is 23.3 Å². The van der Waals surface area contributed by atoms with Gasteiger partial charge in [-0.2, -0.15) is 14.5 Å². The molecule has 1 aromatic carbocycles. The van der Waals surface area contributed by atoms with E-state index in [9.17, 15) is 14.4 Å². The molecule has 0 bridgehead atoms. The Morgan fingerprint density at radius 2 is 1.83 bits per heavy atom. The summed E-state index contributed by atoms with van der Waals surface area (Å²) in [5.74, 6) is -1.49. The van der Waals surface area contributed by atoms with Crippen molar-refractivity contribution in [3.8, 4) is 11.4 Å². The summed E-state index contributed by atoms with van der Waals surface area (Å²) >= 11 is 0. The Kier molecular flexibility index (Phi) is 5.23. The number of rotatable bonds is 5. The van der Waals surface area contributed by atoms with E-state index in [-0.39, 0.29) is 12.4 Å². The zero-order valence-electron chi connectivity index (χ0n) is 16.5.